The summed E-state index contributed by atoms with van der Waals surface area (Å²) in [4.78, 5) is 0. The van der Waals surface area contributed by atoms with Crippen LogP contribution < -0.4 is 0 Å². The molecule has 0 spiro atoms. The lowest BCUT2D eigenvalue weighted by atomic mass is 10.0. The molecule has 0 unspecified atom stereocenters. The van der Waals surface area contributed by atoms with Crippen molar-refractivity contribution in [3.8, 4) is 22.5 Å². The van der Waals surface area contributed by atoms with Crippen molar-refractivity contribution in [2.24, 2.45) is 0 Å². The topological polar surface area (TPSA) is 9.86 Å². The predicted octanol–water partition coefficient (Wildman–Crippen LogP) is 10.2. The maximum atomic E-state index is 2.40. The summed E-state index contributed by atoms with van der Waals surface area (Å²) in [5, 5.41) is 5.17. The predicted molar refractivity (Wildman–Crippen MR) is 170 cm³/mol. The summed E-state index contributed by atoms with van der Waals surface area (Å²) in [6.07, 6.45) is 0. The van der Waals surface area contributed by atoms with Gasteiger partial charge in [-0.2, -0.15) is 0 Å². The third kappa shape index (κ3) is 3.43. The second kappa shape index (κ2) is 8.72. The summed E-state index contributed by atoms with van der Waals surface area (Å²) < 4.78 is 4.79. The molecule has 2 nitrogen and oxygen atoms in total. The van der Waals surface area contributed by atoms with Gasteiger partial charge in [0.1, 0.15) is 0 Å². The Bertz CT molecular complexity index is 2080. The molecule has 0 aliphatic carbocycles. The van der Waals surface area contributed by atoms with Crippen molar-refractivity contribution < 1.29 is 0 Å². The van der Waals surface area contributed by atoms with E-state index in [1.165, 1.54) is 77.2 Å². The largest absolute Gasteiger partial charge is 0.309 e. The van der Waals surface area contributed by atoms with Crippen molar-refractivity contribution in [1.29, 1.82) is 0 Å². The van der Waals surface area contributed by atoms with E-state index in [9.17, 15) is 0 Å². The van der Waals surface area contributed by atoms with E-state index in [-0.39, 0.29) is 0 Å². The van der Waals surface area contributed by atoms with Crippen LogP contribution in [0.15, 0.2) is 133 Å². The van der Waals surface area contributed by atoms with Crippen LogP contribution in [0.1, 0.15) is 11.1 Å². The first-order valence-corrected chi connectivity index (χ1v) is 13.9. The minimum Gasteiger partial charge on any atom is -0.309 e. The van der Waals surface area contributed by atoms with Crippen LogP contribution in [0, 0.1) is 13.8 Å². The van der Waals surface area contributed by atoms with Gasteiger partial charge in [0.05, 0.1) is 22.1 Å². The zero-order chi connectivity index (χ0) is 26.8. The maximum absolute atomic E-state index is 2.40. The second-order valence-electron chi connectivity index (χ2n) is 10.8. The number of aryl methyl sites for hydroxylation is 2. The Labute approximate surface area is 233 Å². The Morgan fingerprint density at radius 1 is 0.350 bits per heavy atom. The van der Waals surface area contributed by atoms with Crippen LogP contribution in [0.25, 0.3) is 66.1 Å². The standard InChI is InChI=1S/C38H28N2/c1-25-17-19-37-33(21-25)31-13-3-5-15-35(31)39(37)29-11-7-9-27(23-29)28-10-8-12-30(24-28)40-36-16-6-4-14-32(36)34-22-26(2)18-20-38(34)40/h3-24H,1-2H3. The van der Waals surface area contributed by atoms with Gasteiger partial charge in [-0.15, -0.1) is 0 Å². The van der Waals surface area contributed by atoms with Gasteiger partial charge in [-0.1, -0.05) is 83.9 Å². The van der Waals surface area contributed by atoms with Crippen molar-refractivity contribution >= 4 is 43.6 Å². The number of fused-ring (bicyclic) bond motifs is 6. The van der Waals surface area contributed by atoms with Crippen molar-refractivity contribution in [2.45, 2.75) is 13.8 Å². The molecule has 2 heterocycles. The van der Waals surface area contributed by atoms with E-state index < -0.39 is 0 Å². The monoisotopic (exact) mass is 512 g/mol. The highest BCUT2D eigenvalue weighted by atomic mass is 15.0. The smallest absolute Gasteiger partial charge is 0.0541 e. The molecule has 190 valence electrons. The van der Waals surface area contributed by atoms with E-state index in [4.69, 9.17) is 0 Å². The third-order valence-electron chi connectivity index (χ3n) is 8.20. The van der Waals surface area contributed by atoms with Gasteiger partial charge in [0.2, 0.25) is 0 Å². The summed E-state index contributed by atoms with van der Waals surface area (Å²) in [6.45, 7) is 4.33. The quantitative estimate of drug-likeness (QED) is 0.223. The lowest BCUT2D eigenvalue weighted by Gasteiger charge is -2.13. The molecule has 2 heteroatoms. The molecule has 0 amide bonds. The number of para-hydroxylation sites is 2. The Morgan fingerprint density at radius 3 is 1.25 bits per heavy atom. The lowest BCUT2D eigenvalue weighted by molar-refractivity contribution is 1.17. The maximum Gasteiger partial charge on any atom is 0.0541 e. The van der Waals surface area contributed by atoms with Crippen molar-refractivity contribution in [3.05, 3.63) is 145 Å². The molecule has 6 aromatic carbocycles. The van der Waals surface area contributed by atoms with Crippen molar-refractivity contribution in [2.75, 3.05) is 0 Å². The van der Waals surface area contributed by atoms with Gasteiger partial charge in [0, 0.05) is 32.9 Å². The van der Waals surface area contributed by atoms with Crippen LogP contribution in [0.2, 0.25) is 0 Å². The summed E-state index contributed by atoms with van der Waals surface area (Å²) in [6, 6.07) is 48.8. The molecule has 0 saturated carbocycles. The SMILES string of the molecule is Cc1ccc2c(c1)c1ccccc1n2-c1cccc(-c2cccc(-n3c4ccccc4c4cc(C)ccc43)c2)c1. The van der Waals surface area contributed by atoms with Gasteiger partial charge < -0.3 is 9.13 Å². The zero-order valence-corrected chi connectivity index (χ0v) is 22.6. The van der Waals surface area contributed by atoms with E-state index in [0.29, 0.717) is 0 Å². The van der Waals surface area contributed by atoms with E-state index in [0.717, 1.165) is 0 Å². The molecule has 0 bridgehead atoms. The fourth-order valence-electron chi connectivity index (χ4n) is 6.38. The summed E-state index contributed by atoms with van der Waals surface area (Å²) in [5.74, 6) is 0. The first-order valence-electron chi connectivity index (χ1n) is 13.9. The first kappa shape index (κ1) is 22.9. The first-order chi connectivity index (χ1) is 19.7. The van der Waals surface area contributed by atoms with Gasteiger partial charge in [-0.05, 0) is 85.6 Å². The number of benzene rings is 6. The summed E-state index contributed by atoms with van der Waals surface area (Å²) >= 11 is 0. The zero-order valence-electron chi connectivity index (χ0n) is 22.6. The van der Waals surface area contributed by atoms with Crippen molar-refractivity contribution in [3.63, 3.8) is 0 Å². The molecule has 0 fully saturated rings. The van der Waals surface area contributed by atoms with Crippen LogP contribution >= 0.6 is 0 Å². The molecule has 8 rings (SSSR count). The molecular formula is C38H28N2. The van der Waals surface area contributed by atoms with Gasteiger partial charge in [0.25, 0.3) is 0 Å². The minimum absolute atomic E-state index is 1.17. The van der Waals surface area contributed by atoms with Gasteiger partial charge in [-0.3, -0.25) is 0 Å². The highest BCUT2D eigenvalue weighted by molar-refractivity contribution is 6.10. The summed E-state index contributed by atoms with van der Waals surface area (Å²) in [7, 11) is 0. The Balaban J connectivity index is 1.31. The van der Waals surface area contributed by atoms with E-state index in [1.54, 1.807) is 0 Å². The van der Waals surface area contributed by atoms with E-state index in [2.05, 4.69) is 156 Å². The minimum atomic E-state index is 1.17. The van der Waals surface area contributed by atoms with E-state index >= 15 is 0 Å². The van der Waals surface area contributed by atoms with Crippen molar-refractivity contribution in [1.82, 2.24) is 9.13 Å². The number of hydrogen-bond acceptors (Lipinski definition) is 0. The molecule has 8 aromatic rings. The molecular weight excluding hydrogens is 484 g/mol. The normalized spacial score (nSPS) is 11.8. The number of hydrogen-bond donors (Lipinski definition) is 0. The summed E-state index contributed by atoms with van der Waals surface area (Å²) in [5.41, 5.74) is 12.2. The molecule has 0 aliphatic rings. The van der Waals surface area contributed by atoms with Gasteiger partial charge in [0.15, 0.2) is 0 Å². The van der Waals surface area contributed by atoms with Crippen LogP contribution in [0.3, 0.4) is 0 Å². The number of aromatic nitrogens is 2. The fourth-order valence-corrected chi connectivity index (χ4v) is 6.38. The van der Waals surface area contributed by atoms with Crippen LogP contribution in [0.5, 0.6) is 0 Å². The van der Waals surface area contributed by atoms with Crippen LogP contribution in [0.4, 0.5) is 0 Å². The number of nitrogens with zero attached hydrogens (tertiary/aromatic N) is 2. The Kier molecular flexibility index (Phi) is 4.99. The van der Waals surface area contributed by atoms with Gasteiger partial charge in [-0.25, -0.2) is 0 Å². The second-order valence-corrected chi connectivity index (χ2v) is 10.8. The van der Waals surface area contributed by atoms with Crippen LogP contribution in [-0.2, 0) is 0 Å². The van der Waals surface area contributed by atoms with Crippen LogP contribution in [-0.4, -0.2) is 9.13 Å². The fraction of sp³-hybridized carbons (Fsp3) is 0.0526. The lowest BCUT2D eigenvalue weighted by Crippen LogP contribution is -1.96. The highest BCUT2D eigenvalue weighted by Gasteiger charge is 2.15. The molecule has 2 aromatic heterocycles. The third-order valence-corrected chi connectivity index (χ3v) is 8.20. The average molecular weight is 513 g/mol. The average Bonchev–Trinajstić information content (AvgIpc) is 3.49. The Morgan fingerprint density at radius 2 is 0.775 bits per heavy atom. The molecule has 0 saturated heterocycles. The molecule has 0 N–H and O–H groups in total. The highest BCUT2D eigenvalue weighted by Crippen LogP contribution is 2.36. The molecule has 0 atom stereocenters. The molecule has 0 aliphatic heterocycles. The molecule has 0 radical (unpaired) electrons. The van der Waals surface area contributed by atoms with Gasteiger partial charge >= 0.3 is 0 Å². The van der Waals surface area contributed by atoms with E-state index in [1.807, 2.05) is 0 Å². The molecule has 40 heavy (non-hydrogen) atoms. The Hall–Kier alpha value is -5.08. The number of rotatable bonds is 3.